The van der Waals surface area contributed by atoms with Gasteiger partial charge in [0.1, 0.15) is 19.3 Å². The van der Waals surface area contributed by atoms with Gasteiger partial charge in [0.2, 0.25) is 15.9 Å². The van der Waals surface area contributed by atoms with E-state index in [1.165, 1.54) is 0 Å². The molecule has 0 aliphatic carbocycles. The minimum absolute atomic E-state index is 0.262. The molecule has 1 N–H and O–H groups in total. The van der Waals surface area contributed by atoms with Gasteiger partial charge in [-0.15, -0.1) is 0 Å². The summed E-state index contributed by atoms with van der Waals surface area (Å²) < 4.78 is 37.3. The monoisotopic (exact) mass is 432 g/mol. The number of hydrogen-bond donors (Lipinski definition) is 1. The van der Waals surface area contributed by atoms with E-state index in [1.54, 1.807) is 25.1 Å². The van der Waals surface area contributed by atoms with Crippen molar-refractivity contribution >= 4 is 21.6 Å². The number of ether oxygens (including phenoxy) is 2. The molecule has 0 saturated heterocycles. The van der Waals surface area contributed by atoms with Gasteiger partial charge in [-0.1, -0.05) is 23.8 Å². The number of amides is 1. The normalized spacial score (nSPS) is 15.2. The Bertz CT molecular complexity index is 1050. The molecule has 2 aromatic carbocycles. The lowest BCUT2D eigenvalue weighted by Crippen LogP contribution is -2.48. The zero-order chi connectivity index (χ0) is 22.1. The molecule has 1 heterocycles. The van der Waals surface area contributed by atoms with Crippen LogP contribution in [-0.2, 0) is 14.8 Å². The third kappa shape index (κ3) is 4.70. The van der Waals surface area contributed by atoms with Gasteiger partial charge in [0.05, 0.1) is 18.0 Å². The number of sulfonamides is 1. The molecule has 1 amide bonds. The van der Waals surface area contributed by atoms with Crippen LogP contribution < -0.4 is 19.1 Å². The summed E-state index contributed by atoms with van der Waals surface area (Å²) in [6, 6.07) is 9.71. The molecular weight excluding hydrogens is 404 g/mol. The van der Waals surface area contributed by atoms with Crippen molar-refractivity contribution in [2.24, 2.45) is 0 Å². The molecule has 30 heavy (non-hydrogen) atoms. The number of carbonyl (C=O) groups excluding carboxylic acids is 1. The fourth-order valence-corrected chi connectivity index (χ4v) is 4.78. The Balaban J connectivity index is 1.86. The standard InChI is InChI=1S/C22H28N2O5S/c1-14-6-7-15(2)19(12-14)16(3)23-22(25)17(4)24(30(5,26)27)18-8-9-20-21(13-18)29-11-10-28-20/h6-9,12-13,16-17H,10-11H2,1-5H3,(H,23,25)/t16-,17-/m1/s1. The Kier molecular flexibility index (Phi) is 6.26. The lowest BCUT2D eigenvalue weighted by atomic mass is 10.00. The number of rotatable bonds is 6. The summed E-state index contributed by atoms with van der Waals surface area (Å²) in [5.74, 6) is 0.631. The van der Waals surface area contributed by atoms with Crippen LogP contribution in [0, 0.1) is 13.8 Å². The molecule has 0 spiro atoms. The van der Waals surface area contributed by atoms with Crippen LogP contribution in [0.25, 0.3) is 0 Å². The second kappa shape index (κ2) is 8.55. The third-order valence-electron chi connectivity index (χ3n) is 5.13. The van der Waals surface area contributed by atoms with Gasteiger partial charge in [0, 0.05) is 6.07 Å². The van der Waals surface area contributed by atoms with E-state index in [0.717, 1.165) is 27.3 Å². The van der Waals surface area contributed by atoms with Gasteiger partial charge in [-0.3, -0.25) is 9.10 Å². The fraction of sp³-hybridized carbons (Fsp3) is 0.409. The highest BCUT2D eigenvalue weighted by Gasteiger charge is 2.31. The number of hydrogen-bond acceptors (Lipinski definition) is 5. The molecule has 2 aromatic rings. The fourth-order valence-electron chi connectivity index (χ4n) is 3.62. The van der Waals surface area contributed by atoms with Gasteiger partial charge in [0.15, 0.2) is 11.5 Å². The molecule has 3 rings (SSSR count). The van der Waals surface area contributed by atoms with Gasteiger partial charge in [-0.25, -0.2) is 8.42 Å². The van der Waals surface area contributed by atoms with Crippen molar-refractivity contribution < 1.29 is 22.7 Å². The quantitative estimate of drug-likeness (QED) is 0.758. The van der Waals surface area contributed by atoms with Crippen molar-refractivity contribution in [1.29, 1.82) is 0 Å². The zero-order valence-electron chi connectivity index (χ0n) is 17.9. The van der Waals surface area contributed by atoms with Gasteiger partial charge in [0.25, 0.3) is 0 Å². The van der Waals surface area contributed by atoms with Crippen LogP contribution in [0.1, 0.15) is 36.6 Å². The van der Waals surface area contributed by atoms with Gasteiger partial charge in [-0.05, 0) is 51.0 Å². The summed E-state index contributed by atoms with van der Waals surface area (Å²) in [7, 11) is -3.73. The molecule has 0 radical (unpaired) electrons. The van der Waals surface area contributed by atoms with E-state index < -0.39 is 16.1 Å². The number of fused-ring (bicyclic) bond motifs is 1. The smallest absolute Gasteiger partial charge is 0.244 e. The number of carbonyl (C=O) groups is 1. The molecule has 7 nitrogen and oxygen atoms in total. The van der Waals surface area contributed by atoms with Gasteiger partial charge >= 0.3 is 0 Å². The molecule has 8 heteroatoms. The Hall–Kier alpha value is -2.74. The summed E-state index contributed by atoms with van der Waals surface area (Å²) in [4.78, 5) is 13.0. The molecule has 0 fully saturated rings. The topological polar surface area (TPSA) is 84.9 Å². The summed E-state index contributed by atoms with van der Waals surface area (Å²) in [6.07, 6.45) is 1.09. The minimum atomic E-state index is -3.73. The number of aryl methyl sites for hydroxylation is 2. The largest absolute Gasteiger partial charge is 0.486 e. The van der Waals surface area contributed by atoms with E-state index in [4.69, 9.17) is 9.47 Å². The van der Waals surface area contributed by atoms with Crippen molar-refractivity contribution in [3.63, 3.8) is 0 Å². The summed E-state index contributed by atoms with van der Waals surface area (Å²) in [5.41, 5.74) is 3.51. The Morgan fingerprint density at radius 2 is 1.70 bits per heavy atom. The number of nitrogens with zero attached hydrogens (tertiary/aromatic N) is 1. The maximum absolute atomic E-state index is 13.0. The SMILES string of the molecule is Cc1ccc(C)c([C@@H](C)NC(=O)[C@@H](C)N(c2ccc3c(c2)OCCO3)S(C)(=O)=O)c1. The Morgan fingerprint density at radius 3 is 2.37 bits per heavy atom. The molecule has 0 aromatic heterocycles. The average molecular weight is 433 g/mol. The first-order valence-electron chi connectivity index (χ1n) is 9.84. The average Bonchev–Trinajstić information content (AvgIpc) is 2.68. The number of anilines is 1. The van der Waals surface area contributed by atoms with E-state index in [2.05, 4.69) is 5.32 Å². The Labute approximate surface area is 178 Å². The molecule has 0 bridgehead atoms. The highest BCUT2D eigenvalue weighted by Crippen LogP contribution is 2.35. The van der Waals surface area contributed by atoms with E-state index in [9.17, 15) is 13.2 Å². The summed E-state index contributed by atoms with van der Waals surface area (Å²) in [6.45, 7) is 8.27. The summed E-state index contributed by atoms with van der Waals surface area (Å²) >= 11 is 0. The highest BCUT2D eigenvalue weighted by molar-refractivity contribution is 7.92. The molecule has 0 unspecified atom stereocenters. The Morgan fingerprint density at radius 1 is 1.03 bits per heavy atom. The highest BCUT2D eigenvalue weighted by atomic mass is 32.2. The van der Waals surface area contributed by atoms with Crippen LogP contribution in [0.3, 0.4) is 0 Å². The second-order valence-electron chi connectivity index (χ2n) is 7.65. The second-order valence-corrected chi connectivity index (χ2v) is 9.51. The van der Waals surface area contributed by atoms with Crippen LogP contribution in [0.4, 0.5) is 5.69 Å². The molecular formula is C22H28N2O5S. The number of nitrogens with one attached hydrogen (secondary N) is 1. The van der Waals surface area contributed by atoms with Crippen molar-refractivity contribution in [1.82, 2.24) is 5.32 Å². The van der Waals surface area contributed by atoms with E-state index in [-0.39, 0.29) is 11.9 Å². The lowest BCUT2D eigenvalue weighted by molar-refractivity contribution is -0.122. The van der Waals surface area contributed by atoms with Gasteiger partial charge < -0.3 is 14.8 Å². The van der Waals surface area contributed by atoms with Crippen LogP contribution in [0.15, 0.2) is 36.4 Å². The lowest BCUT2D eigenvalue weighted by Gasteiger charge is -2.30. The van der Waals surface area contributed by atoms with E-state index in [0.29, 0.717) is 30.4 Å². The van der Waals surface area contributed by atoms with E-state index in [1.807, 2.05) is 39.0 Å². The van der Waals surface area contributed by atoms with Crippen LogP contribution in [0.2, 0.25) is 0 Å². The predicted molar refractivity (Wildman–Crippen MR) is 117 cm³/mol. The minimum Gasteiger partial charge on any atom is -0.486 e. The molecule has 2 atom stereocenters. The molecule has 1 aliphatic heterocycles. The van der Waals surface area contributed by atoms with Crippen LogP contribution in [0.5, 0.6) is 11.5 Å². The first-order chi connectivity index (χ1) is 14.1. The first kappa shape index (κ1) is 22.0. The third-order valence-corrected chi connectivity index (χ3v) is 6.37. The van der Waals surface area contributed by atoms with Crippen molar-refractivity contribution in [3.8, 4) is 11.5 Å². The molecule has 0 saturated carbocycles. The summed E-state index contributed by atoms with van der Waals surface area (Å²) in [5, 5.41) is 2.95. The zero-order valence-corrected chi connectivity index (χ0v) is 18.7. The van der Waals surface area contributed by atoms with Crippen molar-refractivity contribution in [2.45, 2.75) is 39.8 Å². The maximum Gasteiger partial charge on any atom is 0.244 e. The molecule has 1 aliphatic rings. The predicted octanol–water partition coefficient (Wildman–Crippen LogP) is 3.11. The molecule has 162 valence electrons. The van der Waals surface area contributed by atoms with Crippen molar-refractivity contribution in [2.75, 3.05) is 23.8 Å². The number of benzene rings is 2. The first-order valence-corrected chi connectivity index (χ1v) is 11.7. The van der Waals surface area contributed by atoms with Crippen molar-refractivity contribution in [3.05, 3.63) is 53.1 Å². The van der Waals surface area contributed by atoms with Crippen LogP contribution >= 0.6 is 0 Å². The van der Waals surface area contributed by atoms with E-state index >= 15 is 0 Å². The maximum atomic E-state index is 13.0. The van der Waals surface area contributed by atoms with Crippen LogP contribution in [-0.4, -0.2) is 39.8 Å². The van der Waals surface area contributed by atoms with Gasteiger partial charge in [-0.2, -0.15) is 0 Å².